The Kier molecular flexibility index (Phi) is 5.82. The molecule has 5 nitrogen and oxygen atoms in total. The summed E-state index contributed by atoms with van der Waals surface area (Å²) >= 11 is 3.12. The number of amides is 1. The lowest BCUT2D eigenvalue weighted by Crippen LogP contribution is -2.37. The first-order valence-electron chi connectivity index (χ1n) is 4.57. The Morgan fingerprint density at radius 3 is 2.40 bits per heavy atom. The minimum Gasteiger partial charge on any atom is -0.481 e. The van der Waals surface area contributed by atoms with Crippen molar-refractivity contribution in [3.05, 3.63) is 0 Å². The number of carboxylic acids is 1. The average molecular weight is 282 g/mol. The maximum Gasteiger partial charge on any atom is 0.309 e. The maximum absolute atomic E-state index is 11.3. The van der Waals surface area contributed by atoms with Gasteiger partial charge in [0.1, 0.15) is 0 Å². The monoisotopic (exact) mass is 281 g/mol. The van der Waals surface area contributed by atoms with E-state index < -0.39 is 16.2 Å². The van der Waals surface area contributed by atoms with E-state index in [0.717, 1.165) is 0 Å². The third-order valence-corrected chi connectivity index (χ3v) is 2.70. The summed E-state index contributed by atoms with van der Waals surface area (Å²) in [6, 6.07) is 0. The maximum atomic E-state index is 11.3. The highest BCUT2D eigenvalue weighted by Crippen LogP contribution is 2.25. The first kappa shape index (κ1) is 14.4. The van der Waals surface area contributed by atoms with Crippen molar-refractivity contribution < 1.29 is 19.8 Å². The molecule has 1 amide bonds. The van der Waals surface area contributed by atoms with Gasteiger partial charge in [0.15, 0.2) is 0 Å². The van der Waals surface area contributed by atoms with Crippen LogP contribution < -0.4 is 5.32 Å². The number of carbonyl (C=O) groups is 2. The largest absolute Gasteiger partial charge is 0.481 e. The number of hydrogen-bond donors (Lipinski definition) is 3. The van der Waals surface area contributed by atoms with Crippen molar-refractivity contribution in [3.63, 3.8) is 0 Å². The fraction of sp³-hybridized carbons (Fsp3) is 0.778. The van der Waals surface area contributed by atoms with Gasteiger partial charge in [-0.05, 0) is 20.3 Å². The standard InChI is InChI=1S/C9H16BrNO4/c1-9(2,8(14)15)5-6(10)7(13)11-3-4-12/h6,12H,3-5H2,1-2H3,(H,11,13)(H,14,15). The van der Waals surface area contributed by atoms with Crippen molar-refractivity contribution in [2.75, 3.05) is 13.2 Å². The molecular weight excluding hydrogens is 266 g/mol. The Labute approximate surface area is 97.0 Å². The number of alkyl halides is 1. The third kappa shape index (κ3) is 5.13. The summed E-state index contributed by atoms with van der Waals surface area (Å²) in [5.41, 5.74) is -0.954. The van der Waals surface area contributed by atoms with Crippen molar-refractivity contribution >= 4 is 27.8 Å². The lowest BCUT2D eigenvalue weighted by atomic mass is 9.88. The summed E-state index contributed by atoms with van der Waals surface area (Å²) < 4.78 is 0. The second kappa shape index (κ2) is 6.07. The second-order valence-corrected chi connectivity index (χ2v) is 4.98. The van der Waals surface area contributed by atoms with Gasteiger partial charge in [0.05, 0.1) is 16.8 Å². The normalized spacial score (nSPS) is 13.3. The Hall–Kier alpha value is -0.620. The van der Waals surface area contributed by atoms with Crippen LogP contribution in [0.3, 0.4) is 0 Å². The van der Waals surface area contributed by atoms with Gasteiger partial charge in [-0.1, -0.05) is 15.9 Å². The Balaban J connectivity index is 4.17. The number of carboxylic acid groups (broad SMARTS) is 1. The zero-order valence-corrected chi connectivity index (χ0v) is 10.4. The molecule has 0 radical (unpaired) electrons. The summed E-state index contributed by atoms with van der Waals surface area (Å²) in [6.45, 7) is 3.16. The summed E-state index contributed by atoms with van der Waals surface area (Å²) in [7, 11) is 0. The van der Waals surface area contributed by atoms with E-state index in [1.807, 2.05) is 0 Å². The number of halogens is 1. The molecule has 0 aromatic carbocycles. The van der Waals surface area contributed by atoms with Gasteiger partial charge in [0.2, 0.25) is 5.91 Å². The number of carbonyl (C=O) groups excluding carboxylic acids is 1. The molecule has 0 aromatic rings. The molecule has 0 fully saturated rings. The molecule has 0 saturated heterocycles. The molecule has 1 unspecified atom stereocenters. The van der Waals surface area contributed by atoms with Crippen LogP contribution in [0.5, 0.6) is 0 Å². The molecule has 0 aromatic heterocycles. The summed E-state index contributed by atoms with van der Waals surface area (Å²) in [4.78, 5) is 21.6. The van der Waals surface area contributed by atoms with Crippen molar-refractivity contribution in [1.82, 2.24) is 5.32 Å². The van der Waals surface area contributed by atoms with Crippen LogP contribution in [0.1, 0.15) is 20.3 Å². The fourth-order valence-electron chi connectivity index (χ4n) is 0.918. The van der Waals surface area contributed by atoms with Crippen LogP contribution in [-0.2, 0) is 9.59 Å². The molecule has 1 atom stereocenters. The van der Waals surface area contributed by atoms with Gasteiger partial charge in [-0.15, -0.1) is 0 Å². The van der Waals surface area contributed by atoms with E-state index in [1.54, 1.807) is 13.8 Å². The van der Waals surface area contributed by atoms with E-state index in [0.29, 0.717) is 0 Å². The van der Waals surface area contributed by atoms with Crippen LogP contribution in [0.2, 0.25) is 0 Å². The molecule has 0 aliphatic rings. The highest BCUT2D eigenvalue weighted by molar-refractivity contribution is 9.10. The van der Waals surface area contributed by atoms with Crippen molar-refractivity contribution in [2.24, 2.45) is 5.41 Å². The molecule has 3 N–H and O–H groups in total. The van der Waals surface area contributed by atoms with Gasteiger partial charge in [0.25, 0.3) is 0 Å². The van der Waals surface area contributed by atoms with Crippen LogP contribution in [0, 0.1) is 5.41 Å². The molecule has 15 heavy (non-hydrogen) atoms. The molecule has 0 rings (SSSR count). The average Bonchev–Trinajstić information content (AvgIpc) is 2.13. The number of aliphatic hydroxyl groups is 1. The van der Waals surface area contributed by atoms with Crippen molar-refractivity contribution in [3.8, 4) is 0 Å². The van der Waals surface area contributed by atoms with Gasteiger partial charge in [-0.25, -0.2) is 0 Å². The summed E-state index contributed by atoms with van der Waals surface area (Å²) in [5, 5.41) is 19.8. The molecule has 88 valence electrons. The quantitative estimate of drug-likeness (QED) is 0.614. The van der Waals surface area contributed by atoms with Crippen LogP contribution in [-0.4, -0.2) is 40.1 Å². The van der Waals surface area contributed by atoms with E-state index in [9.17, 15) is 9.59 Å². The number of nitrogens with one attached hydrogen (secondary N) is 1. The third-order valence-electron chi connectivity index (χ3n) is 1.96. The molecule has 6 heteroatoms. The van der Waals surface area contributed by atoms with E-state index in [1.165, 1.54) is 0 Å². The SMILES string of the molecule is CC(C)(CC(Br)C(=O)NCCO)C(=O)O. The minimum absolute atomic E-state index is 0.131. The lowest BCUT2D eigenvalue weighted by Gasteiger charge is -2.21. The Morgan fingerprint density at radius 2 is 2.00 bits per heavy atom. The Morgan fingerprint density at radius 1 is 1.47 bits per heavy atom. The number of aliphatic carboxylic acids is 1. The van der Waals surface area contributed by atoms with Gasteiger partial charge >= 0.3 is 5.97 Å². The van der Waals surface area contributed by atoms with Crippen LogP contribution in [0.25, 0.3) is 0 Å². The lowest BCUT2D eigenvalue weighted by molar-refractivity contribution is -0.147. The van der Waals surface area contributed by atoms with E-state index in [4.69, 9.17) is 10.2 Å². The predicted molar refractivity (Wildman–Crippen MR) is 58.8 cm³/mol. The van der Waals surface area contributed by atoms with Gasteiger partial charge in [-0.3, -0.25) is 9.59 Å². The predicted octanol–water partition coefficient (Wildman–Crippen LogP) is 0.359. The molecule has 0 saturated carbocycles. The van der Waals surface area contributed by atoms with E-state index in [2.05, 4.69) is 21.2 Å². The van der Waals surface area contributed by atoms with Crippen LogP contribution in [0.15, 0.2) is 0 Å². The molecular formula is C9H16BrNO4. The number of aliphatic hydroxyl groups excluding tert-OH is 1. The van der Waals surface area contributed by atoms with Gasteiger partial charge in [0, 0.05) is 6.54 Å². The first-order chi connectivity index (χ1) is 6.81. The molecule has 0 spiro atoms. The topological polar surface area (TPSA) is 86.6 Å². The van der Waals surface area contributed by atoms with E-state index >= 15 is 0 Å². The summed E-state index contributed by atoms with van der Waals surface area (Å²) in [5.74, 6) is -1.25. The zero-order chi connectivity index (χ0) is 12.1. The first-order valence-corrected chi connectivity index (χ1v) is 5.49. The summed E-state index contributed by atoms with van der Waals surface area (Å²) in [6.07, 6.45) is 0.194. The molecule has 0 aliphatic heterocycles. The van der Waals surface area contributed by atoms with Crippen LogP contribution in [0.4, 0.5) is 0 Å². The fourth-order valence-corrected chi connectivity index (χ4v) is 1.89. The Bertz CT molecular complexity index is 242. The minimum atomic E-state index is -0.954. The zero-order valence-electron chi connectivity index (χ0n) is 8.79. The molecule has 0 heterocycles. The van der Waals surface area contributed by atoms with Gasteiger partial charge in [-0.2, -0.15) is 0 Å². The molecule has 0 bridgehead atoms. The van der Waals surface area contributed by atoms with E-state index in [-0.39, 0.29) is 25.5 Å². The number of rotatable bonds is 6. The number of hydrogen-bond acceptors (Lipinski definition) is 3. The highest BCUT2D eigenvalue weighted by Gasteiger charge is 2.32. The molecule has 0 aliphatic carbocycles. The van der Waals surface area contributed by atoms with Crippen molar-refractivity contribution in [2.45, 2.75) is 25.1 Å². The highest BCUT2D eigenvalue weighted by atomic mass is 79.9. The van der Waals surface area contributed by atoms with Gasteiger partial charge < -0.3 is 15.5 Å². The van der Waals surface area contributed by atoms with Crippen LogP contribution >= 0.6 is 15.9 Å². The smallest absolute Gasteiger partial charge is 0.309 e. The second-order valence-electron chi connectivity index (χ2n) is 3.88. The van der Waals surface area contributed by atoms with Crippen molar-refractivity contribution in [1.29, 1.82) is 0 Å².